The largest absolute Gasteiger partial charge is 0.462 e. The van der Waals surface area contributed by atoms with Crippen LogP contribution in [0.4, 0.5) is 11.5 Å². The van der Waals surface area contributed by atoms with Gasteiger partial charge in [0.1, 0.15) is 5.65 Å². The van der Waals surface area contributed by atoms with Crippen molar-refractivity contribution in [2.24, 2.45) is 4.99 Å². The molecule has 1 aromatic carbocycles. The van der Waals surface area contributed by atoms with Crippen molar-refractivity contribution < 1.29 is 9.53 Å². The second-order valence-electron chi connectivity index (χ2n) is 6.30. The molecule has 0 atom stereocenters. The number of anilines is 2. The number of nitrogens with zero attached hydrogens (tertiary/aromatic N) is 3. The molecule has 7 heteroatoms. The summed E-state index contributed by atoms with van der Waals surface area (Å²) in [6.07, 6.45) is 3.41. The van der Waals surface area contributed by atoms with Gasteiger partial charge in [0.2, 0.25) is 0 Å². The lowest BCUT2D eigenvalue weighted by molar-refractivity contribution is 0.0525. The van der Waals surface area contributed by atoms with Crippen LogP contribution in [0.2, 0.25) is 0 Å². The number of esters is 1. The Morgan fingerprint density at radius 2 is 2.15 bits per heavy atom. The number of pyridine rings is 1. The van der Waals surface area contributed by atoms with Gasteiger partial charge in [-0.3, -0.25) is 14.2 Å². The highest BCUT2D eigenvalue weighted by Crippen LogP contribution is 2.23. The maximum atomic E-state index is 12.9. The average Bonchev–Trinajstić information content (AvgIpc) is 3.09. The van der Waals surface area contributed by atoms with Gasteiger partial charge in [-0.1, -0.05) is 6.07 Å². The van der Waals surface area contributed by atoms with Gasteiger partial charge in [-0.25, -0.2) is 9.78 Å². The molecule has 0 saturated carbocycles. The summed E-state index contributed by atoms with van der Waals surface area (Å²) in [6.45, 7) is 4.45. The van der Waals surface area contributed by atoms with Gasteiger partial charge < -0.3 is 10.1 Å². The summed E-state index contributed by atoms with van der Waals surface area (Å²) >= 11 is 0. The Balaban J connectivity index is 1.86. The summed E-state index contributed by atoms with van der Waals surface area (Å²) in [6, 6.07) is 9.34. The molecule has 0 saturated heterocycles. The summed E-state index contributed by atoms with van der Waals surface area (Å²) in [4.78, 5) is 34.1. The van der Waals surface area contributed by atoms with E-state index >= 15 is 0 Å². The highest BCUT2D eigenvalue weighted by molar-refractivity contribution is 5.96. The molecule has 7 nitrogen and oxygen atoms in total. The number of aryl methyl sites for hydroxylation is 1. The zero-order valence-corrected chi connectivity index (χ0v) is 15.0. The molecule has 0 bridgehead atoms. The van der Waals surface area contributed by atoms with E-state index in [1.165, 1.54) is 4.40 Å². The van der Waals surface area contributed by atoms with E-state index in [4.69, 9.17) is 4.74 Å². The first kappa shape index (κ1) is 17.0. The fourth-order valence-corrected chi connectivity index (χ4v) is 3.03. The van der Waals surface area contributed by atoms with Crippen molar-refractivity contribution in [1.82, 2.24) is 9.38 Å². The maximum absolute atomic E-state index is 12.9. The molecule has 0 radical (unpaired) electrons. The second kappa shape index (κ2) is 6.68. The van der Waals surface area contributed by atoms with Crippen molar-refractivity contribution in [2.75, 3.05) is 11.9 Å². The molecular formula is C20H18N4O3. The molecule has 3 heterocycles. The third-order valence-electron chi connectivity index (χ3n) is 4.37. The van der Waals surface area contributed by atoms with E-state index in [-0.39, 0.29) is 18.0 Å². The first-order valence-electron chi connectivity index (χ1n) is 8.66. The second-order valence-corrected chi connectivity index (χ2v) is 6.30. The fourth-order valence-electron chi connectivity index (χ4n) is 3.03. The zero-order chi connectivity index (χ0) is 19.0. The number of aliphatic imine (C=N–C) groups is 1. The SMILES string of the molecule is CCOC(=O)c1c(Nc2ccc3c(c2)C=NC3)nc2cc(C)ccn2c1=O. The summed E-state index contributed by atoms with van der Waals surface area (Å²) in [7, 11) is 0. The molecular weight excluding hydrogens is 344 g/mol. The minimum Gasteiger partial charge on any atom is -0.462 e. The third kappa shape index (κ3) is 3.08. The van der Waals surface area contributed by atoms with Gasteiger partial charge in [0, 0.05) is 18.1 Å². The predicted molar refractivity (Wildman–Crippen MR) is 103 cm³/mol. The van der Waals surface area contributed by atoms with E-state index in [2.05, 4.69) is 15.3 Å². The standard InChI is InChI=1S/C20H18N4O3/c1-3-27-20(26)17-18(22-15-5-4-13-10-21-11-14(13)9-15)23-16-8-12(2)6-7-24(16)19(17)25/h4-9,11,22H,3,10H2,1-2H3. The molecule has 1 N–H and O–H groups in total. The number of hydrogen-bond acceptors (Lipinski definition) is 6. The van der Waals surface area contributed by atoms with E-state index in [0.29, 0.717) is 12.2 Å². The van der Waals surface area contributed by atoms with Gasteiger partial charge in [-0.05, 0) is 54.8 Å². The Labute approximate surface area is 155 Å². The van der Waals surface area contributed by atoms with Crippen LogP contribution in [-0.2, 0) is 11.3 Å². The number of fused-ring (bicyclic) bond motifs is 2. The number of ether oxygens (including phenoxy) is 1. The van der Waals surface area contributed by atoms with Crippen molar-refractivity contribution in [3.63, 3.8) is 0 Å². The molecule has 0 spiro atoms. The molecule has 136 valence electrons. The maximum Gasteiger partial charge on any atom is 0.347 e. The van der Waals surface area contributed by atoms with Crippen LogP contribution in [-0.4, -0.2) is 28.2 Å². The highest BCUT2D eigenvalue weighted by Gasteiger charge is 2.22. The Morgan fingerprint density at radius 3 is 2.96 bits per heavy atom. The van der Waals surface area contributed by atoms with Crippen LogP contribution < -0.4 is 10.9 Å². The average molecular weight is 362 g/mol. The van der Waals surface area contributed by atoms with E-state index in [1.54, 1.807) is 31.5 Å². The van der Waals surface area contributed by atoms with Gasteiger partial charge in [-0.15, -0.1) is 0 Å². The lowest BCUT2D eigenvalue weighted by Crippen LogP contribution is -2.26. The van der Waals surface area contributed by atoms with Crippen LogP contribution in [0, 0.1) is 6.92 Å². The number of carbonyl (C=O) groups excluding carboxylic acids is 1. The van der Waals surface area contributed by atoms with Gasteiger partial charge >= 0.3 is 5.97 Å². The lowest BCUT2D eigenvalue weighted by atomic mass is 10.1. The molecule has 1 aliphatic rings. The fraction of sp³-hybridized carbons (Fsp3) is 0.200. The van der Waals surface area contributed by atoms with E-state index in [9.17, 15) is 9.59 Å². The third-order valence-corrected chi connectivity index (χ3v) is 4.37. The van der Waals surface area contributed by atoms with Gasteiger partial charge in [0.05, 0.1) is 13.2 Å². The van der Waals surface area contributed by atoms with Crippen LogP contribution in [0.15, 0.2) is 46.3 Å². The minimum absolute atomic E-state index is 0.118. The normalized spacial score (nSPS) is 12.2. The predicted octanol–water partition coefficient (Wildman–Crippen LogP) is 2.86. The van der Waals surface area contributed by atoms with Crippen LogP contribution in [0.1, 0.15) is 34.0 Å². The van der Waals surface area contributed by atoms with E-state index in [0.717, 1.165) is 22.4 Å². The number of aromatic nitrogens is 2. The zero-order valence-electron chi connectivity index (χ0n) is 15.0. The Bertz CT molecular complexity index is 1150. The summed E-state index contributed by atoms with van der Waals surface area (Å²) in [5, 5.41) is 3.11. The molecule has 0 unspecified atom stereocenters. The van der Waals surface area contributed by atoms with Gasteiger partial charge in [0.25, 0.3) is 5.56 Å². The number of carbonyl (C=O) groups is 1. The van der Waals surface area contributed by atoms with Crippen molar-refractivity contribution >= 4 is 29.3 Å². The summed E-state index contributed by atoms with van der Waals surface area (Å²) in [5.74, 6) is -0.519. The molecule has 4 rings (SSSR count). The van der Waals surface area contributed by atoms with E-state index in [1.807, 2.05) is 25.1 Å². The van der Waals surface area contributed by atoms with Crippen LogP contribution in [0.25, 0.3) is 5.65 Å². The van der Waals surface area contributed by atoms with Crippen LogP contribution >= 0.6 is 0 Å². The first-order valence-corrected chi connectivity index (χ1v) is 8.66. The van der Waals surface area contributed by atoms with Gasteiger partial charge in [-0.2, -0.15) is 0 Å². The quantitative estimate of drug-likeness (QED) is 0.722. The van der Waals surface area contributed by atoms with Gasteiger partial charge in [0.15, 0.2) is 11.4 Å². The van der Waals surface area contributed by atoms with Crippen molar-refractivity contribution in [3.05, 3.63) is 69.1 Å². The molecule has 1 aliphatic heterocycles. The monoisotopic (exact) mass is 362 g/mol. The topological polar surface area (TPSA) is 85.1 Å². The number of benzene rings is 1. The minimum atomic E-state index is -0.699. The smallest absolute Gasteiger partial charge is 0.347 e. The molecule has 27 heavy (non-hydrogen) atoms. The van der Waals surface area contributed by atoms with Crippen LogP contribution in [0.3, 0.4) is 0 Å². The lowest BCUT2D eigenvalue weighted by Gasteiger charge is -2.13. The molecule has 2 aromatic heterocycles. The molecule has 0 fully saturated rings. The Hall–Kier alpha value is -3.48. The van der Waals surface area contributed by atoms with E-state index < -0.39 is 11.5 Å². The number of hydrogen-bond donors (Lipinski definition) is 1. The van der Waals surface area contributed by atoms with Crippen molar-refractivity contribution in [1.29, 1.82) is 0 Å². The molecule has 3 aromatic rings. The molecule has 0 aliphatic carbocycles. The first-order chi connectivity index (χ1) is 13.1. The summed E-state index contributed by atoms with van der Waals surface area (Å²) in [5.41, 5.74) is 3.69. The summed E-state index contributed by atoms with van der Waals surface area (Å²) < 4.78 is 6.43. The number of rotatable bonds is 4. The van der Waals surface area contributed by atoms with Crippen molar-refractivity contribution in [2.45, 2.75) is 20.4 Å². The Morgan fingerprint density at radius 1 is 1.30 bits per heavy atom. The number of nitrogens with one attached hydrogen (secondary N) is 1. The highest BCUT2D eigenvalue weighted by atomic mass is 16.5. The van der Waals surface area contributed by atoms with Crippen LogP contribution in [0.5, 0.6) is 0 Å². The Kier molecular flexibility index (Phi) is 4.19. The van der Waals surface area contributed by atoms with Crippen molar-refractivity contribution in [3.8, 4) is 0 Å². The molecule has 0 amide bonds.